The van der Waals surface area contributed by atoms with Crippen molar-refractivity contribution in [2.45, 2.75) is 43.0 Å². The average molecular weight is 586 g/mol. The van der Waals surface area contributed by atoms with E-state index in [1.165, 1.54) is 12.1 Å². The van der Waals surface area contributed by atoms with Crippen molar-refractivity contribution >= 4 is 33.1 Å². The van der Waals surface area contributed by atoms with Gasteiger partial charge in [0.1, 0.15) is 28.7 Å². The lowest BCUT2D eigenvalue weighted by atomic mass is 9.99. The number of hydrogen-bond donors (Lipinski definition) is 2. The van der Waals surface area contributed by atoms with Gasteiger partial charge >= 0.3 is 6.18 Å². The van der Waals surface area contributed by atoms with Gasteiger partial charge in [-0.2, -0.15) is 13.2 Å². The lowest BCUT2D eigenvalue weighted by Crippen LogP contribution is -2.41. The fraction of sp³-hybridized carbons (Fsp3) is 0.333. The number of nitrogens with one attached hydrogen (secondary N) is 1. The van der Waals surface area contributed by atoms with Crippen molar-refractivity contribution in [2.75, 3.05) is 24.1 Å². The van der Waals surface area contributed by atoms with E-state index in [2.05, 4.69) is 15.3 Å². The highest BCUT2D eigenvalue weighted by molar-refractivity contribution is 7.90. The van der Waals surface area contributed by atoms with Crippen molar-refractivity contribution in [1.82, 2.24) is 23.7 Å². The summed E-state index contributed by atoms with van der Waals surface area (Å²) in [5.74, 6) is -0.0682. The molecule has 0 spiro atoms. The Morgan fingerprint density at radius 3 is 2.51 bits per heavy atom. The standard InChI is InChI=1S/C27H26F3N7O3S/c28-27(29,30)19-9-10-32-21(14-19)34-26(38)17-5-3-16(4-6-17)22-23-24(31)33-11-13-37(23)25(35-22)18-2-1-12-36(15-18)41(39,40)20-7-8-20/h3-6,9-11,13-14,18,20H,1-2,7-8,12,15H2,(H2,31,33)(H,32,34,38)/t18-/m1/s1. The first-order valence-corrected chi connectivity index (χ1v) is 14.6. The zero-order valence-corrected chi connectivity index (χ0v) is 22.5. The van der Waals surface area contributed by atoms with Gasteiger partial charge in [-0.3, -0.25) is 9.20 Å². The van der Waals surface area contributed by atoms with E-state index < -0.39 is 27.7 Å². The summed E-state index contributed by atoms with van der Waals surface area (Å²) >= 11 is 0. The first-order chi connectivity index (χ1) is 19.5. The maximum absolute atomic E-state index is 13.0. The molecular formula is C27H26F3N7O3S. The molecule has 2 fully saturated rings. The van der Waals surface area contributed by atoms with E-state index in [1.807, 2.05) is 4.40 Å². The van der Waals surface area contributed by atoms with Crippen LogP contribution in [0, 0.1) is 0 Å². The predicted molar refractivity (Wildman–Crippen MR) is 146 cm³/mol. The number of piperidine rings is 1. The second-order valence-corrected chi connectivity index (χ2v) is 12.5. The molecule has 1 aliphatic heterocycles. The first kappa shape index (κ1) is 27.1. The van der Waals surface area contributed by atoms with E-state index in [4.69, 9.17) is 10.7 Å². The molecule has 41 heavy (non-hydrogen) atoms. The van der Waals surface area contributed by atoms with Crippen molar-refractivity contribution in [2.24, 2.45) is 0 Å². The van der Waals surface area contributed by atoms with Gasteiger partial charge in [-0.25, -0.2) is 27.7 Å². The van der Waals surface area contributed by atoms with Crippen molar-refractivity contribution in [3.8, 4) is 11.3 Å². The molecule has 3 N–H and O–H groups in total. The summed E-state index contributed by atoms with van der Waals surface area (Å²) in [5.41, 5.74) is 7.28. The number of aromatic nitrogens is 4. The number of amides is 1. The van der Waals surface area contributed by atoms with Crippen LogP contribution in [0.15, 0.2) is 55.0 Å². The number of nitrogens with two attached hydrogens (primary N) is 1. The summed E-state index contributed by atoms with van der Waals surface area (Å²) in [6, 6.07) is 7.98. The van der Waals surface area contributed by atoms with E-state index in [-0.39, 0.29) is 28.4 Å². The summed E-state index contributed by atoms with van der Waals surface area (Å²) in [5, 5.41) is 2.11. The van der Waals surface area contributed by atoms with Gasteiger partial charge in [-0.15, -0.1) is 0 Å². The van der Waals surface area contributed by atoms with E-state index in [0.717, 1.165) is 24.8 Å². The number of rotatable bonds is 6. The maximum atomic E-state index is 13.0. The number of nitrogen functional groups attached to an aromatic ring is 1. The third-order valence-electron chi connectivity index (χ3n) is 7.41. The summed E-state index contributed by atoms with van der Waals surface area (Å²) in [4.78, 5) is 25.6. The van der Waals surface area contributed by atoms with Crippen LogP contribution >= 0.6 is 0 Å². The van der Waals surface area contributed by atoms with E-state index in [9.17, 15) is 26.4 Å². The number of sulfonamides is 1. The number of fused-ring (bicyclic) bond motifs is 1. The molecule has 1 aromatic carbocycles. The second-order valence-electron chi connectivity index (χ2n) is 10.3. The molecule has 6 rings (SSSR count). The van der Waals surface area contributed by atoms with Gasteiger partial charge < -0.3 is 11.1 Å². The van der Waals surface area contributed by atoms with E-state index in [1.54, 1.807) is 28.8 Å². The predicted octanol–water partition coefficient (Wildman–Crippen LogP) is 4.32. The second kappa shape index (κ2) is 10.1. The minimum Gasteiger partial charge on any atom is -0.382 e. The van der Waals surface area contributed by atoms with Gasteiger partial charge in [0, 0.05) is 48.7 Å². The Labute approximate surface area is 233 Å². The van der Waals surface area contributed by atoms with Crippen LogP contribution in [0.5, 0.6) is 0 Å². The minimum atomic E-state index is -4.56. The SMILES string of the molecule is Nc1nccn2c([C@@H]3CCCN(S(=O)(=O)C4CC4)C3)nc(-c3ccc(C(=O)Nc4cc(C(F)(F)F)ccn4)cc3)c12. The molecule has 1 saturated heterocycles. The fourth-order valence-corrected chi connectivity index (χ4v) is 7.11. The largest absolute Gasteiger partial charge is 0.416 e. The summed E-state index contributed by atoms with van der Waals surface area (Å²) in [6.07, 6.45) is 2.61. The van der Waals surface area contributed by atoms with Gasteiger partial charge in [0.15, 0.2) is 0 Å². The number of halogens is 3. The third kappa shape index (κ3) is 5.24. The van der Waals surface area contributed by atoms with Crippen molar-refractivity contribution in [3.05, 3.63) is 71.9 Å². The monoisotopic (exact) mass is 585 g/mol. The number of pyridine rings is 1. The number of nitrogens with zero attached hydrogens (tertiary/aromatic N) is 5. The Kier molecular flexibility index (Phi) is 6.69. The van der Waals surface area contributed by atoms with Crippen LogP contribution < -0.4 is 11.1 Å². The Balaban J connectivity index is 1.28. The van der Waals surface area contributed by atoms with Crippen molar-refractivity contribution in [3.63, 3.8) is 0 Å². The molecule has 2 aliphatic rings. The van der Waals surface area contributed by atoms with Gasteiger partial charge in [0.2, 0.25) is 10.0 Å². The molecule has 214 valence electrons. The zero-order chi connectivity index (χ0) is 28.9. The number of carbonyl (C=O) groups excluding carboxylic acids is 1. The van der Waals surface area contributed by atoms with E-state index >= 15 is 0 Å². The van der Waals surface area contributed by atoms with Crippen molar-refractivity contribution in [1.29, 1.82) is 0 Å². The number of carbonyl (C=O) groups is 1. The quantitative estimate of drug-likeness (QED) is 0.344. The Morgan fingerprint density at radius 2 is 1.80 bits per heavy atom. The number of hydrogen-bond acceptors (Lipinski definition) is 7. The van der Waals surface area contributed by atoms with E-state index in [0.29, 0.717) is 55.0 Å². The van der Waals surface area contributed by atoms with Crippen LogP contribution in [0.1, 0.15) is 53.3 Å². The van der Waals surface area contributed by atoms with Gasteiger partial charge in [0.25, 0.3) is 5.91 Å². The normalized spacial score (nSPS) is 18.5. The van der Waals surface area contributed by atoms with Gasteiger partial charge in [-0.05, 0) is 49.9 Å². The zero-order valence-electron chi connectivity index (χ0n) is 21.7. The van der Waals surface area contributed by atoms with Gasteiger partial charge in [0.05, 0.1) is 10.8 Å². The molecule has 0 radical (unpaired) electrons. The average Bonchev–Trinajstić information content (AvgIpc) is 3.74. The molecule has 1 saturated carbocycles. The first-order valence-electron chi connectivity index (χ1n) is 13.1. The molecule has 1 amide bonds. The molecular weight excluding hydrogens is 559 g/mol. The smallest absolute Gasteiger partial charge is 0.382 e. The molecule has 4 heterocycles. The molecule has 4 aromatic rings. The van der Waals surface area contributed by atoms with Crippen LogP contribution in [-0.2, 0) is 16.2 Å². The number of benzene rings is 1. The van der Waals surface area contributed by atoms with Crippen LogP contribution in [0.4, 0.5) is 24.8 Å². The molecule has 0 bridgehead atoms. The molecule has 3 aromatic heterocycles. The number of alkyl halides is 3. The molecule has 0 unspecified atom stereocenters. The number of imidazole rings is 1. The lowest BCUT2D eigenvalue weighted by molar-refractivity contribution is -0.137. The summed E-state index contributed by atoms with van der Waals surface area (Å²) in [6.45, 7) is 0.830. The molecule has 10 nitrogen and oxygen atoms in total. The van der Waals surface area contributed by atoms with Crippen LogP contribution in [-0.4, -0.2) is 56.3 Å². The fourth-order valence-electron chi connectivity index (χ4n) is 5.18. The Bertz CT molecular complexity index is 1740. The van der Waals surface area contributed by atoms with Crippen LogP contribution in [0.2, 0.25) is 0 Å². The molecule has 1 aliphatic carbocycles. The highest BCUT2D eigenvalue weighted by Crippen LogP contribution is 2.37. The van der Waals surface area contributed by atoms with Gasteiger partial charge in [-0.1, -0.05) is 12.1 Å². The Hall–Kier alpha value is -4.04. The highest BCUT2D eigenvalue weighted by atomic mass is 32.2. The number of anilines is 2. The third-order valence-corrected chi connectivity index (χ3v) is 9.78. The molecule has 1 atom stereocenters. The maximum Gasteiger partial charge on any atom is 0.416 e. The van der Waals surface area contributed by atoms with Crippen molar-refractivity contribution < 1.29 is 26.4 Å². The van der Waals surface area contributed by atoms with Crippen LogP contribution in [0.3, 0.4) is 0 Å². The summed E-state index contributed by atoms with van der Waals surface area (Å²) in [7, 11) is -3.32. The highest BCUT2D eigenvalue weighted by Gasteiger charge is 2.42. The lowest BCUT2D eigenvalue weighted by Gasteiger charge is -2.31. The Morgan fingerprint density at radius 1 is 1.05 bits per heavy atom. The van der Waals surface area contributed by atoms with Crippen LogP contribution in [0.25, 0.3) is 16.8 Å². The minimum absolute atomic E-state index is 0.148. The topological polar surface area (TPSA) is 136 Å². The molecule has 14 heteroatoms. The summed E-state index contributed by atoms with van der Waals surface area (Å²) < 4.78 is 68.3.